The molecule has 3 heteroatoms. The van der Waals surface area contributed by atoms with Crippen LogP contribution in [0.3, 0.4) is 0 Å². The van der Waals surface area contributed by atoms with Crippen LogP contribution < -0.4 is 0 Å². The van der Waals surface area contributed by atoms with Crippen LogP contribution in [0.2, 0.25) is 0 Å². The molecule has 84 valence electrons. The maximum Gasteiger partial charge on any atom is 0.0771 e. The summed E-state index contributed by atoms with van der Waals surface area (Å²) in [6, 6.07) is 0. The fourth-order valence-corrected chi connectivity index (χ4v) is 1.85. The third-order valence-electron chi connectivity index (χ3n) is 2.65. The Morgan fingerprint density at radius 3 is 2.43 bits per heavy atom. The first-order valence-corrected chi connectivity index (χ1v) is 5.57. The Morgan fingerprint density at radius 2 is 1.93 bits per heavy atom. The van der Waals surface area contributed by atoms with Gasteiger partial charge in [0.1, 0.15) is 0 Å². The lowest BCUT2D eigenvalue weighted by Crippen LogP contribution is -2.35. The summed E-state index contributed by atoms with van der Waals surface area (Å²) in [6.07, 6.45) is 3.15. The van der Waals surface area contributed by atoms with E-state index in [9.17, 15) is 5.11 Å². The van der Waals surface area contributed by atoms with Gasteiger partial charge in [-0.25, -0.2) is 0 Å². The van der Waals surface area contributed by atoms with Crippen LogP contribution in [0.25, 0.3) is 0 Å². The summed E-state index contributed by atoms with van der Waals surface area (Å²) in [4.78, 5) is 0. The molecule has 3 atom stereocenters. The number of hydrogen-bond donors (Lipinski definition) is 1. The first-order chi connectivity index (χ1) is 6.61. The van der Waals surface area contributed by atoms with Gasteiger partial charge >= 0.3 is 0 Å². The van der Waals surface area contributed by atoms with E-state index in [1.807, 2.05) is 6.92 Å². The standard InChI is InChI=1S/C11H22O3/c1-4-10(12)7-13-11-5-8(2)14-9(3)6-11/h8-12H,4-7H2,1-3H3. The van der Waals surface area contributed by atoms with Gasteiger partial charge in [0.2, 0.25) is 0 Å². The largest absolute Gasteiger partial charge is 0.391 e. The lowest BCUT2D eigenvalue weighted by atomic mass is 10.0. The summed E-state index contributed by atoms with van der Waals surface area (Å²) < 4.78 is 11.3. The van der Waals surface area contributed by atoms with Gasteiger partial charge in [-0.3, -0.25) is 0 Å². The first kappa shape index (κ1) is 12.0. The van der Waals surface area contributed by atoms with Crippen LogP contribution in [0.1, 0.15) is 40.0 Å². The predicted molar refractivity (Wildman–Crippen MR) is 55.3 cm³/mol. The van der Waals surface area contributed by atoms with Crippen molar-refractivity contribution in [2.24, 2.45) is 0 Å². The smallest absolute Gasteiger partial charge is 0.0771 e. The molecule has 0 spiro atoms. The third kappa shape index (κ3) is 3.95. The maximum absolute atomic E-state index is 9.36. The second-order valence-corrected chi connectivity index (χ2v) is 4.25. The minimum atomic E-state index is -0.316. The van der Waals surface area contributed by atoms with Gasteiger partial charge in [-0.15, -0.1) is 0 Å². The molecule has 3 unspecified atom stereocenters. The summed E-state index contributed by atoms with van der Waals surface area (Å²) in [5.41, 5.74) is 0. The Kier molecular flexibility index (Phi) is 4.85. The minimum absolute atomic E-state index is 0.259. The summed E-state index contributed by atoms with van der Waals surface area (Å²) in [5.74, 6) is 0. The average Bonchev–Trinajstić information content (AvgIpc) is 2.12. The molecular weight excluding hydrogens is 180 g/mol. The highest BCUT2D eigenvalue weighted by Gasteiger charge is 2.25. The molecule has 0 aromatic heterocycles. The second kappa shape index (κ2) is 5.69. The molecule has 0 aliphatic carbocycles. The van der Waals surface area contributed by atoms with Crippen molar-refractivity contribution < 1.29 is 14.6 Å². The molecule has 1 fully saturated rings. The van der Waals surface area contributed by atoms with E-state index in [0.29, 0.717) is 6.61 Å². The Hall–Kier alpha value is -0.120. The number of ether oxygens (including phenoxy) is 2. The van der Waals surface area contributed by atoms with Crippen LogP contribution in [-0.4, -0.2) is 36.1 Å². The first-order valence-electron chi connectivity index (χ1n) is 5.57. The molecular formula is C11H22O3. The topological polar surface area (TPSA) is 38.7 Å². The Morgan fingerprint density at radius 1 is 1.36 bits per heavy atom. The van der Waals surface area contributed by atoms with E-state index in [1.54, 1.807) is 0 Å². The summed E-state index contributed by atoms with van der Waals surface area (Å²) in [7, 11) is 0. The number of aliphatic hydroxyl groups excluding tert-OH is 1. The molecule has 1 aliphatic heterocycles. The number of hydrogen-bond acceptors (Lipinski definition) is 3. The van der Waals surface area contributed by atoms with Crippen molar-refractivity contribution in [3.8, 4) is 0 Å². The van der Waals surface area contributed by atoms with Crippen molar-refractivity contribution >= 4 is 0 Å². The van der Waals surface area contributed by atoms with E-state index >= 15 is 0 Å². The van der Waals surface area contributed by atoms with Crippen molar-refractivity contribution in [3.05, 3.63) is 0 Å². The molecule has 0 saturated carbocycles. The summed E-state index contributed by atoms with van der Waals surface area (Å²) in [6.45, 7) is 6.56. The Balaban J connectivity index is 2.23. The van der Waals surface area contributed by atoms with Gasteiger partial charge in [0.15, 0.2) is 0 Å². The van der Waals surface area contributed by atoms with Crippen LogP contribution in [0.5, 0.6) is 0 Å². The Labute approximate surface area is 86.4 Å². The van der Waals surface area contributed by atoms with Gasteiger partial charge in [-0.05, 0) is 33.1 Å². The van der Waals surface area contributed by atoms with Crippen molar-refractivity contribution in [2.75, 3.05) is 6.61 Å². The molecule has 0 bridgehead atoms. The van der Waals surface area contributed by atoms with Crippen molar-refractivity contribution in [3.63, 3.8) is 0 Å². The van der Waals surface area contributed by atoms with Crippen molar-refractivity contribution in [1.29, 1.82) is 0 Å². The van der Waals surface area contributed by atoms with E-state index in [4.69, 9.17) is 9.47 Å². The zero-order valence-corrected chi connectivity index (χ0v) is 9.40. The van der Waals surface area contributed by atoms with Crippen LogP contribution >= 0.6 is 0 Å². The maximum atomic E-state index is 9.36. The number of aliphatic hydroxyl groups is 1. The lowest BCUT2D eigenvalue weighted by Gasteiger charge is -2.32. The molecule has 0 amide bonds. The van der Waals surface area contributed by atoms with Gasteiger partial charge in [0.25, 0.3) is 0 Å². The van der Waals surface area contributed by atoms with E-state index in [-0.39, 0.29) is 24.4 Å². The predicted octanol–water partition coefficient (Wildman–Crippen LogP) is 1.73. The fraction of sp³-hybridized carbons (Fsp3) is 1.00. The van der Waals surface area contributed by atoms with Crippen LogP contribution in [0, 0.1) is 0 Å². The third-order valence-corrected chi connectivity index (χ3v) is 2.65. The fourth-order valence-electron chi connectivity index (χ4n) is 1.85. The zero-order valence-electron chi connectivity index (χ0n) is 9.40. The van der Waals surface area contributed by atoms with E-state index in [2.05, 4.69) is 13.8 Å². The molecule has 1 aliphatic rings. The molecule has 0 aromatic rings. The summed E-state index contributed by atoms with van der Waals surface area (Å²) in [5, 5.41) is 9.36. The molecule has 0 radical (unpaired) electrons. The highest BCUT2D eigenvalue weighted by Crippen LogP contribution is 2.21. The van der Waals surface area contributed by atoms with Crippen molar-refractivity contribution in [2.45, 2.75) is 64.4 Å². The quantitative estimate of drug-likeness (QED) is 0.754. The zero-order chi connectivity index (χ0) is 10.6. The minimum Gasteiger partial charge on any atom is -0.391 e. The molecule has 1 heterocycles. The second-order valence-electron chi connectivity index (χ2n) is 4.25. The normalized spacial score (nSPS) is 35.6. The molecule has 1 saturated heterocycles. The van der Waals surface area contributed by atoms with E-state index in [1.165, 1.54) is 0 Å². The van der Waals surface area contributed by atoms with Crippen molar-refractivity contribution in [1.82, 2.24) is 0 Å². The van der Waals surface area contributed by atoms with Crippen LogP contribution in [0.4, 0.5) is 0 Å². The molecule has 14 heavy (non-hydrogen) atoms. The highest BCUT2D eigenvalue weighted by molar-refractivity contribution is 4.74. The monoisotopic (exact) mass is 202 g/mol. The Bertz CT molecular complexity index is 151. The van der Waals surface area contributed by atoms with Crippen LogP contribution in [-0.2, 0) is 9.47 Å². The van der Waals surface area contributed by atoms with Crippen LogP contribution in [0.15, 0.2) is 0 Å². The highest BCUT2D eigenvalue weighted by atomic mass is 16.5. The molecule has 1 rings (SSSR count). The molecule has 0 aromatic carbocycles. The average molecular weight is 202 g/mol. The SMILES string of the molecule is CCC(O)COC1CC(C)OC(C)C1. The molecule has 3 nitrogen and oxygen atoms in total. The van der Waals surface area contributed by atoms with Gasteiger partial charge in [0.05, 0.1) is 31.0 Å². The summed E-state index contributed by atoms with van der Waals surface area (Å²) >= 11 is 0. The molecule has 1 N–H and O–H groups in total. The van der Waals surface area contributed by atoms with E-state index < -0.39 is 0 Å². The van der Waals surface area contributed by atoms with Gasteiger partial charge in [-0.2, -0.15) is 0 Å². The van der Waals surface area contributed by atoms with Gasteiger partial charge in [-0.1, -0.05) is 6.92 Å². The van der Waals surface area contributed by atoms with E-state index in [0.717, 1.165) is 19.3 Å². The van der Waals surface area contributed by atoms with Gasteiger partial charge < -0.3 is 14.6 Å². The lowest BCUT2D eigenvalue weighted by molar-refractivity contribution is -0.113. The van der Waals surface area contributed by atoms with Gasteiger partial charge in [0, 0.05) is 0 Å². The number of rotatable bonds is 4.